The van der Waals surface area contributed by atoms with E-state index < -0.39 is 10.0 Å². The van der Waals surface area contributed by atoms with Gasteiger partial charge in [0.1, 0.15) is 0 Å². The molecule has 1 saturated heterocycles. The number of benzene rings is 2. The molecule has 1 fully saturated rings. The molecule has 0 saturated carbocycles. The van der Waals surface area contributed by atoms with Crippen LogP contribution < -0.4 is 9.62 Å². The Hall–Kier alpha value is -2.38. The maximum absolute atomic E-state index is 13.0. The van der Waals surface area contributed by atoms with E-state index in [9.17, 15) is 13.2 Å². The summed E-state index contributed by atoms with van der Waals surface area (Å²) in [6.07, 6.45) is 3.31. The molecule has 2 aromatic carbocycles. The molecule has 1 N–H and O–H groups in total. The molecule has 162 valence electrons. The molecule has 6 nitrogen and oxygen atoms in total. The molecule has 0 bridgehead atoms. The molecule has 0 atom stereocenters. The average molecular weight is 430 g/mol. The zero-order valence-corrected chi connectivity index (χ0v) is 18.8. The average Bonchev–Trinajstić information content (AvgIpc) is 2.75. The Morgan fingerprint density at radius 3 is 2.47 bits per heavy atom. The second kappa shape index (κ2) is 9.62. The smallest absolute Gasteiger partial charge is 0.264 e. The third-order valence-corrected chi connectivity index (χ3v) is 7.67. The highest BCUT2D eigenvalue weighted by Gasteiger charge is 2.23. The lowest BCUT2D eigenvalue weighted by molar-refractivity contribution is 0.0949. The van der Waals surface area contributed by atoms with Crippen molar-refractivity contribution in [2.45, 2.75) is 31.1 Å². The van der Waals surface area contributed by atoms with Crippen LogP contribution in [0.25, 0.3) is 0 Å². The summed E-state index contributed by atoms with van der Waals surface area (Å²) in [6.45, 7) is 4.70. The van der Waals surface area contributed by atoms with Gasteiger partial charge in [0.25, 0.3) is 15.9 Å². The van der Waals surface area contributed by atoms with Crippen molar-refractivity contribution in [3.05, 3.63) is 59.7 Å². The zero-order chi connectivity index (χ0) is 21.7. The van der Waals surface area contributed by atoms with E-state index in [1.165, 1.54) is 24.2 Å². The molecular weight excluding hydrogens is 398 g/mol. The number of hydrogen-bond acceptors (Lipinski definition) is 4. The number of nitrogens with one attached hydrogen (secondary N) is 1. The Kier molecular flexibility index (Phi) is 7.15. The van der Waals surface area contributed by atoms with Crippen LogP contribution in [-0.2, 0) is 10.0 Å². The van der Waals surface area contributed by atoms with Gasteiger partial charge in [-0.15, -0.1) is 0 Å². The number of piperidine rings is 1. The highest BCUT2D eigenvalue weighted by atomic mass is 32.2. The minimum Gasteiger partial charge on any atom is -0.352 e. The Morgan fingerprint density at radius 1 is 1.13 bits per heavy atom. The van der Waals surface area contributed by atoms with Gasteiger partial charge in [-0.05, 0) is 82.1 Å². The van der Waals surface area contributed by atoms with Gasteiger partial charge in [-0.1, -0.05) is 24.3 Å². The van der Waals surface area contributed by atoms with Crippen LogP contribution in [0.15, 0.2) is 53.4 Å². The third kappa shape index (κ3) is 5.21. The van der Waals surface area contributed by atoms with Crippen molar-refractivity contribution in [3.8, 4) is 0 Å². The summed E-state index contributed by atoms with van der Waals surface area (Å²) < 4.78 is 27.2. The topological polar surface area (TPSA) is 69.7 Å². The highest BCUT2D eigenvalue weighted by Crippen LogP contribution is 2.26. The molecule has 1 aliphatic heterocycles. The van der Waals surface area contributed by atoms with Crippen molar-refractivity contribution in [1.82, 2.24) is 10.2 Å². The van der Waals surface area contributed by atoms with Gasteiger partial charge < -0.3 is 10.2 Å². The van der Waals surface area contributed by atoms with Gasteiger partial charge in [-0.2, -0.15) is 0 Å². The molecule has 3 rings (SSSR count). The molecule has 1 heterocycles. The van der Waals surface area contributed by atoms with Gasteiger partial charge in [0.2, 0.25) is 0 Å². The van der Waals surface area contributed by atoms with E-state index in [4.69, 9.17) is 0 Å². The first-order chi connectivity index (χ1) is 14.3. The summed E-state index contributed by atoms with van der Waals surface area (Å²) in [7, 11) is -0.0342. The minimum absolute atomic E-state index is 0.172. The molecule has 7 heteroatoms. The summed E-state index contributed by atoms with van der Waals surface area (Å²) in [5.41, 5.74) is 1.76. The van der Waals surface area contributed by atoms with Crippen molar-refractivity contribution in [2.75, 3.05) is 38.0 Å². The third-order valence-electron chi connectivity index (χ3n) is 5.89. The second-order valence-corrected chi connectivity index (χ2v) is 10.0. The first-order valence-electron chi connectivity index (χ1n) is 10.4. The molecule has 0 radical (unpaired) electrons. The van der Waals surface area contributed by atoms with E-state index in [0.29, 0.717) is 23.7 Å². The number of carbonyl (C=O) groups excluding carboxylic acids is 1. The molecule has 30 heavy (non-hydrogen) atoms. The SMILES string of the molecule is Cc1ccc(C(=O)NCCC2CCN(C)CC2)cc1N(C)S(=O)(=O)c1ccccc1. The Morgan fingerprint density at radius 2 is 1.80 bits per heavy atom. The van der Waals surface area contributed by atoms with Crippen LogP contribution in [0.1, 0.15) is 35.2 Å². The fourth-order valence-electron chi connectivity index (χ4n) is 3.81. The lowest BCUT2D eigenvalue weighted by Gasteiger charge is -2.28. The summed E-state index contributed by atoms with van der Waals surface area (Å²) in [4.78, 5) is 15.2. The van der Waals surface area contributed by atoms with E-state index >= 15 is 0 Å². The lowest BCUT2D eigenvalue weighted by atomic mass is 9.94. The lowest BCUT2D eigenvalue weighted by Crippen LogP contribution is -2.33. The molecule has 0 spiro atoms. The van der Waals surface area contributed by atoms with Crippen LogP contribution in [0.2, 0.25) is 0 Å². The first kappa shape index (κ1) is 22.3. The highest BCUT2D eigenvalue weighted by molar-refractivity contribution is 7.92. The Labute approximate surface area is 179 Å². The Bertz CT molecular complexity index is 968. The fourth-order valence-corrected chi connectivity index (χ4v) is 5.09. The maximum atomic E-state index is 13.0. The normalized spacial score (nSPS) is 15.7. The van der Waals surface area contributed by atoms with Crippen LogP contribution in [0.5, 0.6) is 0 Å². The van der Waals surface area contributed by atoms with Gasteiger partial charge in [0.15, 0.2) is 0 Å². The number of aryl methyl sites for hydroxylation is 1. The number of amides is 1. The number of hydrogen-bond donors (Lipinski definition) is 1. The van der Waals surface area contributed by atoms with Crippen molar-refractivity contribution in [2.24, 2.45) is 5.92 Å². The molecule has 0 aliphatic carbocycles. The van der Waals surface area contributed by atoms with E-state index in [0.717, 1.165) is 25.1 Å². The van der Waals surface area contributed by atoms with Crippen molar-refractivity contribution in [3.63, 3.8) is 0 Å². The van der Waals surface area contributed by atoms with Crippen molar-refractivity contribution < 1.29 is 13.2 Å². The van der Waals surface area contributed by atoms with E-state index in [1.807, 2.05) is 6.92 Å². The summed E-state index contributed by atoms with van der Waals surface area (Å²) in [5.74, 6) is 0.479. The fraction of sp³-hybridized carbons (Fsp3) is 0.435. The van der Waals surface area contributed by atoms with Crippen molar-refractivity contribution >= 4 is 21.6 Å². The van der Waals surface area contributed by atoms with Gasteiger partial charge in [-0.25, -0.2) is 8.42 Å². The molecule has 1 amide bonds. The van der Waals surface area contributed by atoms with Crippen LogP contribution in [-0.4, -0.2) is 53.0 Å². The van der Waals surface area contributed by atoms with Crippen LogP contribution in [0.3, 0.4) is 0 Å². The monoisotopic (exact) mass is 429 g/mol. The van der Waals surface area contributed by atoms with Crippen LogP contribution >= 0.6 is 0 Å². The molecule has 0 unspecified atom stereocenters. The van der Waals surface area contributed by atoms with Crippen LogP contribution in [0.4, 0.5) is 5.69 Å². The van der Waals surface area contributed by atoms with Gasteiger partial charge >= 0.3 is 0 Å². The summed E-state index contributed by atoms with van der Waals surface area (Å²) in [6, 6.07) is 13.5. The number of likely N-dealkylation sites (tertiary alicyclic amines) is 1. The predicted octanol–water partition coefficient (Wildman–Crippen LogP) is 3.28. The second-order valence-electron chi connectivity index (χ2n) is 8.08. The van der Waals surface area contributed by atoms with Crippen LogP contribution in [0, 0.1) is 12.8 Å². The zero-order valence-electron chi connectivity index (χ0n) is 18.0. The number of rotatable bonds is 7. The molecule has 0 aromatic heterocycles. The maximum Gasteiger partial charge on any atom is 0.264 e. The minimum atomic E-state index is -3.70. The van der Waals surface area contributed by atoms with E-state index in [1.54, 1.807) is 48.5 Å². The van der Waals surface area contributed by atoms with E-state index in [-0.39, 0.29) is 10.8 Å². The van der Waals surface area contributed by atoms with E-state index in [2.05, 4.69) is 17.3 Å². The predicted molar refractivity (Wildman–Crippen MR) is 120 cm³/mol. The molecular formula is C23H31N3O3S. The standard InChI is InChI=1S/C23H31N3O3S/c1-18-9-10-20(23(27)24-14-11-19-12-15-25(2)16-13-19)17-22(18)26(3)30(28,29)21-7-5-4-6-8-21/h4-10,17,19H,11-16H2,1-3H3,(H,24,27). The summed E-state index contributed by atoms with van der Waals surface area (Å²) in [5, 5.41) is 2.99. The quantitative estimate of drug-likeness (QED) is 0.733. The summed E-state index contributed by atoms with van der Waals surface area (Å²) >= 11 is 0. The largest absolute Gasteiger partial charge is 0.352 e. The van der Waals surface area contributed by atoms with Gasteiger partial charge in [0.05, 0.1) is 10.6 Å². The van der Waals surface area contributed by atoms with Crippen molar-refractivity contribution in [1.29, 1.82) is 0 Å². The number of nitrogens with zero attached hydrogens (tertiary/aromatic N) is 2. The number of sulfonamides is 1. The number of carbonyl (C=O) groups is 1. The molecule has 2 aromatic rings. The number of anilines is 1. The Balaban J connectivity index is 1.67. The van der Waals surface area contributed by atoms with Gasteiger partial charge in [-0.3, -0.25) is 9.10 Å². The molecule has 1 aliphatic rings. The first-order valence-corrected chi connectivity index (χ1v) is 11.8. The van der Waals surface area contributed by atoms with Gasteiger partial charge in [0, 0.05) is 19.2 Å².